The molecule has 4 saturated heterocycles. The average molecular weight is 1970 g/mol. The van der Waals surface area contributed by atoms with Crippen LogP contribution < -0.4 is 23.7 Å². The summed E-state index contributed by atoms with van der Waals surface area (Å²) >= 11 is 36.2. The number of hydrogen-bond acceptors (Lipinski definition) is 14. The summed E-state index contributed by atoms with van der Waals surface area (Å²) in [6.07, 6.45) is 18.4. The Morgan fingerprint density at radius 1 is 0.336 bits per heavy atom. The summed E-state index contributed by atoms with van der Waals surface area (Å²) in [6.45, 7) is 28.1. The van der Waals surface area contributed by atoms with Crippen molar-refractivity contribution in [1.29, 1.82) is 0 Å². The normalized spacial score (nSPS) is 16.6. The zero-order chi connectivity index (χ0) is 94.8. The Labute approximate surface area is 836 Å². The second-order valence-corrected chi connectivity index (χ2v) is 40.7. The maximum atomic E-state index is 13.9. The number of rotatable bonds is 35. The van der Waals surface area contributed by atoms with Crippen molar-refractivity contribution in [3.63, 3.8) is 0 Å². The van der Waals surface area contributed by atoms with Crippen LogP contribution in [0.3, 0.4) is 0 Å². The third-order valence-corrected chi connectivity index (χ3v) is 28.0. The van der Waals surface area contributed by atoms with Crippen LogP contribution in [0.25, 0.3) is 54.5 Å². The quantitative estimate of drug-likeness (QED) is 0.0347. The fraction of sp³-hybridized carbons (Fsp3) is 0.414. The lowest BCUT2D eigenvalue weighted by Gasteiger charge is -2.29. The molecule has 0 bridgehead atoms. The predicted molar refractivity (Wildman–Crippen MR) is 559 cm³/mol. The van der Waals surface area contributed by atoms with Crippen LogP contribution in [0.5, 0.6) is 29.4 Å². The molecule has 1 unspecified atom stereocenters. The van der Waals surface area contributed by atoms with E-state index in [-0.39, 0.29) is 0 Å². The first kappa shape index (κ1) is 100. The molecule has 722 valence electrons. The standard InChI is InChI=1S/C23H28ClN3O.C22H24Cl2FN3O.2C22H26ClN3O.C22H25ClN2O/c1-18-11-14-26(15-12-18)13-4-16-28-23-21-5-2-3-6-22(21)27(25-23)17-19-7-9-20(24)10-8-19;1-22(25)9-11-27(15-22)10-2-12-29-21-19-13-18(24)7-8-20(19)28(26-21)14-16-3-5-17(23)6-4-16;2*1-17(14-25-12-4-5-13-25)16-27-22-20-6-2-3-7-21(20)26(24-22)15-18-8-10-19(23)11-9-18;23-19-13-11-18(12-14-19)16-25-21-10-4-3-9-20(21)22(24-25)26-15-5-8-17-6-1-2-7-17/h2-3,5-10,18H,4,11-17H2,1H3;3-8,13H,2,9-12,14-15H2,1H3;2*2-3,6-11,17H,4-5,12-16H2,1H3;3-4,9-14,17H,1-2,5-8,15-16H2/t;;2*17-;/m..10./s1. The summed E-state index contributed by atoms with van der Waals surface area (Å²) < 4.78 is 54.4. The lowest BCUT2D eigenvalue weighted by molar-refractivity contribution is 0.176. The first-order valence-corrected chi connectivity index (χ1v) is 51.5. The van der Waals surface area contributed by atoms with Gasteiger partial charge in [-0.2, -0.15) is 0 Å². The fourth-order valence-electron chi connectivity index (χ4n) is 19.1. The number of para-hydroxylation sites is 4. The van der Waals surface area contributed by atoms with Crippen LogP contribution in [0, 0.1) is 23.7 Å². The Balaban J connectivity index is 0.000000124. The molecule has 4 aliphatic heterocycles. The number of piperidine rings is 1. The topological polar surface area (TPSA) is 148 Å². The van der Waals surface area contributed by atoms with Crippen LogP contribution in [0.15, 0.2) is 237 Å². The van der Waals surface area contributed by atoms with Gasteiger partial charge in [0.2, 0.25) is 29.4 Å². The summed E-state index contributed by atoms with van der Waals surface area (Å²) in [5.41, 5.74) is 10.1. The molecule has 0 amide bonds. The van der Waals surface area contributed by atoms with E-state index in [4.69, 9.17) is 114 Å². The molecule has 19 nitrogen and oxygen atoms in total. The molecule has 5 aromatic heterocycles. The van der Waals surface area contributed by atoms with Gasteiger partial charge < -0.3 is 38.4 Å². The van der Waals surface area contributed by atoms with Crippen molar-refractivity contribution in [2.75, 3.05) is 112 Å². The van der Waals surface area contributed by atoms with E-state index in [1.165, 1.54) is 132 Å². The van der Waals surface area contributed by atoms with Gasteiger partial charge in [-0.15, -0.1) is 25.5 Å². The largest absolute Gasteiger partial charge is 0.476 e. The number of alkyl halides is 1. The highest BCUT2D eigenvalue weighted by Crippen LogP contribution is 2.36. The minimum atomic E-state index is -1.06. The zero-order valence-corrected chi connectivity index (χ0v) is 84.0. The van der Waals surface area contributed by atoms with Crippen LogP contribution in [0.4, 0.5) is 4.39 Å². The van der Waals surface area contributed by atoms with E-state index >= 15 is 0 Å². The maximum Gasteiger partial charge on any atom is 0.240 e. The van der Waals surface area contributed by atoms with Crippen molar-refractivity contribution in [3.05, 3.63) is 295 Å². The highest BCUT2D eigenvalue weighted by atomic mass is 35.5. The number of benzene rings is 10. The average Bonchev–Trinajstić information content (AvgIpc) is 1.65. The summed E-state index contributed by atoms with van der Waals surface area (Å²) in [4.78, 5) is 9.77. The van der Waals surface area contributed by atoms with E-state index in [9.17, 15) is 4.39 Å². The van der Waals surface area contributed by atoms with E-state index in [1.54, 1.807) is 6.92 Å². The second kappa shape index (κ2) is 49.8. The summed E-state index contributed by atoms with van der Waals surface area (Å²) in [6, 6.07) is 78.2. The van der Waals surface area contributed by atoms with Crippen LogP contribution in [-0.4, -0.2) is 186 Å². The number of hydrogen-bond donors (Lipinski definition) is 0. The van der Waals surface area contributed by atoms with Crippen molar-refractivity contribution >= 4 is 124 Å². The fourth-order valence-corrected chi connectivity index (χ4v) is 19.9. The molecule has 5 fully saturated rings. The van der Waals surface area contributed by atoms with Gasteiger partial charge in [-0.05, 0) is 284 Å². The molecule has 0 spiro atoms. The molecule has 1 aliphatic carbocycles. The number of aromatic nitrogens is 10. The molecule has 1 saturated carbocycles. The lowest BCUT2D eigenvalue weighted by Crippen LogP contribution is -2.34. The molecule has 26 heteroatoms. The molecule has 9 heterocycles. The zero-order valence-electron chi connectivity index (χ0n) is 79.4. The number of nitrogens with zero attached hydrogens (tertiary/aromatic N) is 14. The highest BCUT2D eigenvalue weighted by molar-refractivity contribution is 6.32. The van der Waals surface area contributed by atoms with Gasteiger partial charge in [0.25, 0.3) is 0 Å². The van der Waals surface area contributed by atoms with E-state index in [0.717, 1.165) is 174 Å². The Morgan fingerprint density at radius 3 is 0.985 bits per heavy atom. The van der Waals surface area contributed by atoms with Crippen molar-refractivity contribution in [2.45, 2.75) is 162 Å². The minimum absolute atomic E-state index is 0.489. The van der Waals surface area contributed by atoms with Crippen LogP contribution in [0.1, 0.15) is 152 Å². The van der Waals surface area contributed by atoms with Crippen molar-refractivity contribution in [3.8, 4) is 29.4 Å². The van der Waals surface area contributed by atoms with Crippen molar-refractivity contribution < 1.29 is 28.1 Å². The third-order valence-electron chi connectivity index (χ3n) is 26.5. The molecule has 5 aliphatic rings. The van der Waals surface area contributed by atoms with Gasteiger partial charge in [-0.1, -0.05) is 225 Å². The van der Waals surface area contributed by atoms with E-state index in [1.807, 2.05) is 211 Å². The first-order chi connectivity index (χ1) is 66.7. The first-order valence-electron chi connectivity index (χ1n) is 49.2. The van der Waals surface area contributed by atoms with Gasteiger partial charge >= 0.3 is 0 Å². The Morgan fingerprint density at radius 2 is 0.642 bits per heavy atom. The summed E-state index contributed by atoms with van der Waals surface area (Å²) in [5.74, 6) is 6.29. The van der Waals surface area contributed by atoms with E-state index in [0.29, 0.717) is 99.9 Å². The monoisotopic (exact) mass is 1970 g/mol. The Kier molecular flexibility index (Phi) is 36.3. The molecule has 0 N–H and O–H groups in total. The highest BCUT2D eigenvalue weighted by Gasteiger charge is 2.33. The third kappa shape index (κ3) is 29.1. The number of fused-ring (bicyclic) bond motifs is 5. The SMILES string of the molecule is CC1(F)CCN(CCCOc2nn(Cc3ccc(Cl)cc3)c3ccc(Cl)cc23)C1.CC1CCN(CCCOc2nn(Cc3ccc(Cl)cc3)c3ccccc23)CC1.C[C@@H](COc1nn(Cc2ccc(Cl)cc2)c2ccccc12)CN1CCCC1.C[C@H](COc1nn(Cc2ccc(Cl)cc2)c2ccccc12)CN1CCCC1.Clc1ccc(Cn2nc(OCCCC3CCCC3)c3ccccc32)cc1. The molecule has 3 atom stereocenters. The minimum Gasteiger partial charge on any atom is -0.476 e. The van der Waals surface area contributed by atoms with Crippen molar-refractivity contribution in [2.24, 2.45) is 23.7 Å². The van der Waals surface area contributed by atoms with Gasteiger partial charge in [-0.25, -0.2) is 4.39 Å². The Hall–Kier alpha value is -9.94. The number of halogens is 7. The summed E-state index contributed by atoms with van der Waals surface area (Å²) in [7, 11) is 0. The number of ether oxygens (including phenoxy) is 5. The van der Waals surface area contributed by atoms with Crippen LogP contribution >= 0.6 is 69.6 Å². The van der Waals surface area contributed by atoms with Crippen molar-refractivity contribution in [1.82, 2.24) is 68.5 Å². The molecule has 20 rings (SSSR count). The molecule has 137 heavy (non-hydrogen) atoms. The lowest BCUT2D eigenvalue weighted by atomic mass is 9.99. The van der Waals surface area contributed by atoms with Gasteiger partial charge in [0.05, 0.1) is 120 Å². The Bertz CT molecular complexity index is 6120. The van der Waals surface area contributed by atoms with Gasteiger partial charge in [-0.3, -0.25) is 28.3 Å². The smallest absolute Gasteiger partial charge is 0.240 e. The van der Waals surface area contributed by atoms with Gasteiger partial charge in [0.15, 0.2) is 0 Å². The van der Waals surface area contributed by atoms with E-state index in [2.05, 4.69) is 94.0 Å². The molecular formula is C111H129Cl6FN14O5. The predicted octanol–water partition coefficient (Wildman–Crippen LogP) is 26.6. The second-order valence-electron chi connectivity index (χ2n) is 38.0. The number of likely N-dealkylation sites (tertiary alicyclic amines) is 4. The molecular weight excluding hydrogens is 1840 g/mol. The van der Waals surface area contributed by atoms with Gasteiger partial charge in [0, 0.05) is 81.2 Å². The molecule has 15 aromatic rings. The van der Waals surface area contributed by atoms with Crippen LogP contribution in [0.2, 0.25) is 30.1 Å². The van der Waals surface area contributed by atoms with E-state index < -0.39 is 5.67 Å². The molecule has 10 aromatic carbocycles. The summed E-state index contributed by atoms with van der Waals surface area (Å²) in [5, 5.41) is 33.2. The van der Waals surface area contributed by atoms with Crippen LogP contribution in [-0.2, 0) is 32.7 Å². The van der Waals surface area contributed by atoms with Gasteiger partial charge in [0.1, 0.15) is 5.67 Å². The molecule has 0 radical (unpaired) electrons. The maximum absolute atomic E-state index is 13.9.